The van der Waals surface area contributed by atoms with E-state index in [4.69, 9.17) is 60.3 Å². The first-order valence-corrected chi connectivity index (χ1v) is 3.10. The summed E-state index contributed by atoms with van der Waals surface area (Å²) in [5.41, 5.74) is 0. The number of hydrogen-bond acceptors (Lipinski definition) is 12. The van der Waals surface area contributed by atoms with E-state index in [1.54, 1.807) is 0 Å². The van der Waals surface area contributed by atoms with Crippen molar-refractivity contribution in [3.8, 4) is 0 Å². The predicted molar refractivity (Wildman–Crippen MR) is 49.6 cm³/mol. The zero-order valence-corrected chi connectivity index (χ0v) is 9.73. The maximum atomic E-state index is 7.17. The molecular weight excluding hydrogens is 404 g/mol. The van der Waals surface area contributed by atoms with Gasteiger partial charge in [0.1, 0.15) is 0 Å². The van der Waals surface area contributed by atoms with Crippen molar-refractivity contribution in [3.05, 3.63) is 0 Å². The fourth-order valence-electron chi connectivity index (χ4n) is 0. The van der Waals surface area contributed by atoms with Crippen LogP contribution in [-0.4, -0.2) is 89.6 Å². The molecule has 0 saturated heterocycles. The summed E-state index contributed by atoms with van der Waals surface area (Å²) < 4.78 is 0. The van der Waals surface area contributed by atoms with Crippen LogP contribution in [0.25, 0.3) is 0 Å². The molecule has 0 spiro atoms. The fraction of sp³-hybridized carbons (Fsp3) is 0. The van der Waals surface area contributed by atoms with Crippen LogP contribution in [-0.2, 0) is 0 Å². The molecule has 0 aromatic heterocycles. The molecule has 0 aliphatic heterocycles. The van der Waals surface area contributed by atoms with Gasteiger partial charge < -0.3 is 60.3 Å². The van der Waals surface area contributed by atoms with E-state index in [2.05, 4.69) is 0 Å². The summed E-state index contributed by atoms with van der Waals surface area (Å²) in [4.78, 5) is 0. The molecule has 0 saturated carbocycles. The molecule has 0 fully saturated rings. The third-order valence-electron chi connectivity index (χ3n) is 0. The first-order valence-electron chi connectivity index (χ1n) is 3.10. The molecule has 0 rings (SSSR count). The van der Waals surface area contributed by atoms with E-state index in [1.807, 2.05) is 0 Å². The van der Waals surface area contributed by atoms with Crippen molar-refractivity contribution in [2.45, 2.75) is 0 Å². The minimum absolute atomic E-state index is 0. The quantitative estimate of drug-likeness (QED) is 0.165. The molecule has 0 bridgehead atoms. The van der Waals surface area contributed by atoms with Crippen molar-refractivity contribution in [2.75, 3.05) is 0 Å². The SMILES string of the molecule is OB(O)O.OB(O)O.OB(O)O.OB(O)O.[Tm]. The van der Waals surface area contributed by atoms with E-state index in [0.29, 0.717) is 0 Å². The molecule has 12 nitrogen and oxygen atoms in total. The zero-order valence-electron chi connectivity index (χ0n) is 7.95. The third kappa shape index (κ3) is 3730. The first kappa shape index (κ1) is 30.8. The van der Waals surface area contributed by atoms with E-state index in [-0.39, 0.29) is 36.9 Å². The number of rotatable bonds is 0. The van der Waals surface area contributed by atoms with Crippen LogP contribution in [0.1, 0.15) is 0 Å². The van der Waals surface area contributed by atoms with Crippen molar-refractivity contribution in [1.82, 2.24) is 0 Å². The van der Waals surface area contributed by atoms with E-state index >= 15 is 0 Å². The molecule has 17 heavy (non-hydrogen) atoms. The summed E-state index contributed by atoms with van der Waals surface area (Å²) in [6.45, 7) is 0. The van der Waals surface area contributed by atoms with Crippen molar-refractivity contribution in [2.24, 2.45) is 0 Å². The molecule has 0 aromatic rings. The Kier molecular flexibility index (Phi) is 46.7. The van der Waals surface area contributed by atoms with Crippen LogP contribution in [0.5, 0.6) is 0 Å². The van der Waals surface area contributed by atoms with Crippen molar-refractivity contribution in [1.29, 1.82) is 0 Å². The van der Waals surface area contributed by atoms with Crippen LogP contribution in [0.15, 0.2) is 0 Å². The van der Waals surface area contributed by atoms with Gasteiger partial charge in [-0.15, -0.1) is 0 Å². The second-order valence-electron chi connectivity index (χ2n) is 1.39. The second kappa shape index (κ2) is 25.8. The summed E-state index contributed by atoms with van der Waals surface area (Å²) in [5, 5.41) is 86.0. The van der Waals surface area contributed by atoms with Gasteiger partial charge >= 0.3 is 29.3 Å². The van der Waals surface area contributed by atoms with E-state index in [0.717, 1.165) is 0 Å². The maximum Gasteiger partial charge on any atom is 0.631 e. The molecule has 1 radical (unpaired) electrons. The van der Waals surface area contributed by atoms with Crippen LogP contribution < -0.4 is 0 Å². The smallest absolute Gasteiger partial charge is 0.402 e. The minimum Gasteiger partial charge on any atom is -0.402 e. The molecule has 0 aliphatic carbocycles. The Hall–Kier alpha value is 1.01. The van der Waals surface area contributed by atoms with Crippen molar-refractivity contribution in [3.63, 3.8) is 0 Å². The summed E-state index contributed by atoms with van der Waals surface area (Å²) >= 11 is 0. The van der Waals surface area contributed by atoms with E-state index in [1.165, 1.54) is 0 Å². The van der Waals surface area contributed by atoms with Gasteiger partial charge in [-0.3, -0.25) is 0 Å². The third-order valence-corrected chi connectivity index (χ3v) is 0. The Morgan fingerprint density at radius 3 is 0.294 bits per heavy atom. The summed E-state index contributed by atoms with van der Waals surface area (Å²) in [5.74, 6) is 0. The van der Waals surface area contributed by atoms with Gasteiger partial charge in [0, 0.05) is 36.9 Å². The van der Waals surface area contributed by atoms with Crippen molar-refractivity contribution < 1.29 is 97.2 Å². The molecule has 12 N–H and O–H groups in total. The molecule has 0 unspecified atom stereocenters. The fourth-order valence-corrected chi connectivity index (χ4v) is 0. The predicted octanol–water partition coefficient (Wildman–Crippen LogP) is -8.21. The topological polar surface area (TPSA) is 243 Å². The van der Waals surface area contributed by atoms with Crippen molar-refractivity contribution >= 4 is 29.3 Å². The molecule has 0 heterocycles. The van der Waals surface area contributed by atoms with Gasteiger partial charge in [-0.1, -0.05) is 0 Å². The van der Waals surface area contributed by atoms with Crippen LogP contribution in [0.2, 0.25) is 0 Å². The standard InChI is InChI=1S/4BH3O3.Tm/c4*2-1(3)4;/h4*2-4H;. The number of hydrogen-bond donors (Lipinski definition) is 12. The van der Waals surface area contributed by atoms with Crippen LogP contribution in [0.4, 0.5) is 0 Å². The molecule has 0 aromatic carbocycles. The largest absolute Gasteiger partial charge is 0.631 e. The van der Waals surface area contributed by atoms with Crippen LogP contribution >= 0.6 is 0 Å². The van der Waals surface area contributed by atoms with Gasteiger partial charge in [0.05, 0.1) is 0 Å². The first-order chi connectivity index (χ1) is 6.93. The Bertz CT molecular complexity index is 61.5. The summed E-state index contributed by atoms with van der Waals surface area (Å²) in [7, 11) is -8.67. The average molecular weight is 416 g/mol. The molecule has 0 atom stereocenters. The van der Waals surface area contributed by atoms with Gasteiger partial charge in [-0.25, -0.2) is 0 Å². The monoisotopic (exact) mass is 417 g/mol. The minimum atomic E-state index is -2.17. The van der Waals surface area contributed by atoms with Gasteiger partial charge in [0.25, 0.3) is 0 Å². The Morgan fingerprint density at radius 2 is 0.294 bits per heavy atom. The normalized spacial score (nSPS) is 6.35. The van der Waals surface area contributed by atoms with Crippen LogP contribution in [0.3, 0.4) is 0 Å². The molecule has 109 valence electrons. The second-order valence-corrected chi connectivity index (χ2v) is 1.39. The summed E-state index contributed by atoms with van der Waals surface area (Å²) in [6, 6.07) is 0. The average Bonchev–Trinajstić information content (AvgIpc) is 1.76. The Morgan fingerprint density at radius 1 is 0.294 bits per heavy atom. The molecule has 17 heteroatoms. The molecule has 0 aliphatic rings. The van der Waals surface area contributed by atoms with Gasteiger partial charge in [-0.2, -0.15) is 0 Å². The Balaban J connectivity index is -0.0000000369. The van der Waals surface area contributed by atoms with E-state index in [9.17, 15) is 0 Å². The maximum absolute atomic E-state index is 7.17. The molecule has 0 amide bonds. The summed E-state index contributed by atoms with van der Waals surface area (Å²) in [6.07, 6.45) is 0. The van der Waals surface area contributed by atoms with Gasteiger partial charge in [0.2, 0.25) is 0 Å². The van der Waals surface area contributed by atoms with Crippen LogP contribution in [0, 0.1) is 36.9 Å². The van der Waals surface area contributed by atoms with Gasteiger partial charge in [0.15, 0.2) is 0 Å². The van der Waals surface area contributed by atoms with E-state index < -0.39 is 29.3 Å². The molecular formula is H12B4O12Tm. The van der Waals surface area contributed by atoms with Gasteiger partial charge in [-0.05, 0) is 0 Å². The zero-order chi connectivity index (χ0) is 14.3. The Labute approximate surface area is 126 Å².